The van der Waals surface area contributed by atoms with Crippen molar-refractivity contribution in [1.29, 1.82) is 0 Å². The van der Waals surface area contributed by atoms with Crippen molar-refractivity contribution in [2.45, 2.75) is 19.9 Å². The van der Waals surface area contributed by atoms with E-state index in [1.165, 1.54) is 10.4 Å². The molecule has 1 N–H and O–H groups in total. The van der Waals surface area contributed by atoms with Crippen molar-refractivity contribution in [3.8, 4) is 0 Å². The van der Waals surface area contributed by atoms with Gasteiger partial charge in [0.2, 0.25) is 0 Å². The van der Waals surface area contributed by atoms with E-state index in [9.17, 15) is 4.79 Å². The summed E-state index contributed by atoms with van der Waals surface area (Å²) in [4.78, 5) is 21.5. The first-order valence-electron chi connectivity index (χ1n) is 9.41. The first-order valence-corrected chi connectivity index (χ1v) is 10.3. The smallest absolute Gasteiger partial charge is 0.321 e. The van der Waals surface area contributed by atoms with Crippen LogP contribution in [0.3, 0.4) is 0 Å². The highest BCUT2D eigenvalue weighted by molar-refractivity contribution is 7.09. The fourth-order valence-corrected chi connectivity index (χ4v) is 4.13. The van der Waals surface area contributed by atoms with Crippen LogP contribution in [0.4, 0.5) is 10.5 Å². The van der Waals surface area contributed by atoms with Gasteiger partial charge in [-0.25, -0.2) is 9.78 Å². The summed E-state index contributed by atoms with van der Waals surface area (Å²) in [6, 6.07) is 14.2. The van der Waals surface area contributed by atoms with E-state index in [0.717, 1.165) is 55.9 Å². The predicted octanol–water partition coefficient (Wildman–Crippen LogP) is 4.21. The van der Waals surface area contributed by atoms with E-state index in [-0.39, 0.29) is 6.03 Å². The number of fused-ring (bicyclic) bond motifs is 1. The van der Waals surface area contributed by atoms with E-state index in [1.807, 2.05) is 35.2 Å². The van der Waals surface area contributed by atoms with Gasteiger partial charge in [-0.15, -0.1) is 11.3 Å². The van der Waals surface area contributed by atoms with Gasteiger partial charge < -0.3 is 10.2 Å². The summed E-state index contributed by atoms with van der Waals surface area (Å²) in [5.41, 5.74) is 1.99. The summed E-state index contributed by atoms with van der Waals surface area (Å²) in [6.07, 6.45) is 0.993. The lowest BCUT2D eigenvalue weighted by Gasteiger charge is -2.34. The maximum absolute atomic E-state index is 12.6. The molecule has 1 fully saturated rings. The van der Waals surface area contributed by atoms with Crippen molar-refractivity contribution in [3.05, 3.63) is 58.5 Å². The zero-order chi connectivity index (χ0) is 18.6. The van der Waals surface area contributed by atoms with Crippen LogP contribution in [-0.4, -0.2) is 47.0 Å². The van der Waals surface area contributed by atoms with E-state index in [4.69, 9.17) is 0 Å². The average Bonchev–Trinajstić information content (AvgIpc) is 3.16. The number of nitrogens with one attached hydrogen (secondary N) is 1. The fourth-order valence-electron chi connectivity index (χ4n) is 3.39. The predicted molar refractivity (Wildman–Crippen MR) is 111 cm³/mol. The number of hydrogen-bond acceptors (Lipinski definition) is 4. The van der Waals surface area contributed by atoms with Gasteiger partial charge in [0.1, 0.15) is 0 Å². The lowest BCUT2D eigenvalue weighted by atomic mass is 10.1. The largest absolute Gasteiger partial charge is 0.322 e. The van der Waals surface area contributed by atoms with E-state index in [1.54, 1.807) is 11.3 Å². The Kier molecular flexibility index (Phi) is 5.36. The second kappa shape index (κ2) is 8.06. The number of benzene rings is 2. The normalized spacial score (nSPS) is 15.2. The monoisotopic (exact) mass is 380 g/mol. The fraction of sp³-hybridized carbons (Fsp3) is 0.333. The maximum atomic E-state index is 12.6. The molecule has 2 aromatic carbocycles. The highest BCUT2D eigenvalue weighted by Gasteiger charge is 2.21. The molecular weight excluding hydrogens is 356 g/mol. The van der Waals surface area contributed by atoms with Gasteiger partial charge in [-0.3, -0.25) is 4.90 Å². The number of piperazine rings is 1. The van der Waals surface area contributed by atoms with Crippen LogP contribution >= 0.6 is 11.3 Å². The van der Waals surface area contributed by atoms with E-state index >= 15 is 0 Å². The molecule has 0 unspecified atom stereocenters. The quantitative estimate of drug-likeness (QED) is 0.738. The number of rotatable bonds is 4. The van der Waals surface area contributed by atoms with Crippen LogP contribution in [-0.2, 0) is 13.0 Å². The molecule has 6 heteroatoms. The molecule has 0 bridgehead atoms. The van der Waals surface area contributed by atoms with Crippen LogP contribution in [0.15, 0.2) is 47.8 Å². The second-order valence-electron chi connectivity index (χ2n) is 6.84. The van der Waals surface area contributed by atoms with Crippen molar-refractivity contribution in [1.82, 2.24) is 14.8 Å². The van der Waals surface area contributed by atoms with E-state index in [2.05, 4.69) is 39.6 Å². The van der Waals surface area contributed by atoms with Gasteiger partial charge in [-0.2, -0.15) is 0 Å². The highest BCUT2D eigenvalue weighted by Crippen LogP contribution is 2.19. The molecule has 0 aliphatic carbocycles. The first-order chi connectivity index (χ1) is 13.2. The van der Waals surface area contributed by atoms with Crippen molar-refractivity contribution in [2.24, 2.45) is 0 Å². The molecule has 140 valence electrons. The summed E-state index contributed by atoms with van der Waals surface area (Å²) < 4.78 is 0. The van der Waals surface area contributed by atoms with Crippen LogP contribution in [0.5, 0.6) is 0 Å². The molecular formula is C21H24N4OS. The molecule has 0 atom stereocenters. The lowest BCUT2D eigenvalue weighted by Crippen LogP contribution is -2.49. The van der Waals surface area contributed by atoms with Crippen LogP contribution in [0, 0.1) is 0 Å². The zero-order valence-corrected chi connectivity index (χ0v) is 16.3. The molecule has 5 nitrogen and oxygen atoms in total. The summed E-state index contributed by atoms with van der Waals surface area (Å²) in [7, 11) is 0. The molecule has 1 saturated heterocycles. The highest BCUT2D eigenvalue weighted by atomic mass is 32.1. The Morgan fingerprint density at radius 2 is 1.89 bits per heavy atom. The lowest BCUT2D eigenvalue weighted by molar-refractivity contribution is 0.142. The van der Waals surface area contributed by atoms with Gasteiger partial charge >= 0.3 is 6.03 Å². The van der Waals surface area contributed by atoms with Crippen LogP contribution < -0.4 is 5.32 Å². The SMILES string of the molecule is CCc1nc(CN2CCN(C(=O)Nc3ccc4ccccc4c3)CC2)cs1. The first kappa shape index (κ1) is 17.9. The third kappa shape index (κ3) is 4.28. The number of nitrogens with zero attached hydrogens (tertiary/aromatic N) is 3. The minimum atomic E-state index is -0.0214. The van der Waals surface area contributed by atoms with Gasteiger partial charge in [-0.1, -0.05) is 37.3 Å². The Balaban J connectivity index is 1.31. The Hall–Kier alpha value is -2.44. The molecule has 1 aromatic heterocycles. The van der Waals surface area contributed by atoms with Crippen LogP contribution in [0.25, 0.3) is 10.8 Å². The molecule has 0 spiro atoms. The molecule has 0 radical (unpaired) electrons. The van der Waals surface area contributed by atoms with Crippen molar-refractivity contribution in [3.63, 3.8) is 0 Å². The molecule has 2 amide bonds. The Morgan fingerprint density at radius 1 is 1.11 bits per heavy atom. The third-order valence-electron chi connectivity index (χ3n) is 4.95. The molecule has 4 rings (SSSR count). The molecule has 27 heavy (non-hydrogen) atoms. The Labute approximate surface area is 163 Å². The average molecular weight is 381 g/mol. The van der Waals surface area contributed by atoms with Crippen molar-refractivity contribution >= 4 is 33.8 Å². The Bertz CT molecular complexity index is 931. The number of anilines is 1. The zero-order valence-electron chi connectivity index (χ0n) is 15.5. The number of carbonyl (C=O) groups excluding carboxylic acids is 1. The van der Waals surface area contributed by atoms with Crippen LogP contribution in [0.2, 0.25) is 0 Å². The van der Waals surface area contributed by atoms with E-state index in [0.29, 0.717) is 0 Å². The summed E-state index contributed by atoms with van der Waals surface area (Å²) in [5.74, 6) is 0. The second-order valence-corrected chi connectivity index (χ2v) is 7.78. The van der Waals surface area contributed by atoms with Gasteiger partial charge in [0.15, 0.2) is 0 Å². The van der Waals surface area contributed by atoms with Crippen molar-refractivity contribution in [2.75, 3.05) is 31.5 Å². The third-order valence-corrected chi connectivity index (χ3v) is 5.99. The molecule has 0 saturated carbocycles. The summed E-state index contributed by atoms with van der Waals surface area (Å²) >= 11 is 1.73. The number of amides is 2. The van der Waals surface area contributed by atoms with E-state index < -0.39 is 0 Å². The minimum absolute atomic E-state index is 0.0214. The van der Waals surface area contributed by atoms with Crippen LogP contribution in [0.1, 0.15) is 17.6 Å². The number of thiazole rings is 1. The topological polar surface area (TPSA) is 48.5 Å². The molecule has 2 heterocycles. The maximum Gasteiger partial charge on any atom is 0.321 e. The molecule has 3 aromatic rings. The van der Waals surface area contributed by atoms with Crippen molar-refractivity contribution < 1.29 is 4.79 Å². The number of urea groups is 1. The van der Waals surface area contributed by atoms with Gasteiger partial charge in [0.25, 0.3) is 0 Å². The summed E-state index contributed by atoms with van der Waals surface area (Å²) in [5, 5.41) is 8.69. The number of aromatic nitrogens is 1. The molecule has 1 aliphatic heterocycles. The van der Waals surface area contributed by atoms with Gasteiger partial charge in [0.05, 0.1) is 10.7 Å². The Morgan fingerprint density at radius 3 is 2.63 bits per heavy atom. The standard InChI is InChI=1S/C21H24N4OS/c1-2-20-22-19(15-27-20)14-24-9-11-25(12-10-24)21(26)23-18-8-7-16-5-3-4-6-17(16)13-18/h3-8,13,15H,2,9-12,14H2,1H3,(H,23,26). The number of aryl methyl sites for hydroxylation is 1. The summed E-state index contributed by atoms with van der Waals surface area (Å²) in [6.45, 7) is 6.24. The number of hydrogen-bond donors (Lipinski definition) is 1. The number of carbonyl (C=O) groups is 1. The minimum Gasteiger partial charge on any atom is -0.322 e. The van der Waals surface area contributed by atoms with Gasteiger partial charge in [-0.05, 0) is 29.3 Å². The molecule has 1 aliphatic rings. The van der Waals surface area contributed by atoms with Gasteiger partial charge in [0, 0.05) is 43.8 Å².